The molecule has 0 aliphatic heterocycles. The molecular weight excluding hydrogens is 264 g/mol. The summed E-state index contributed by atoms with van der Waals surface area (Å²) >= 11 is 0. The van der Waals surface area contributed by atoms with E-state index in [2.05, 4.69) is 27.7 Å². The van der Waals surface area contributed by atoms with Crippen LogP contribution in [0, 0.1) is 0 Å². The zero-order valence-electron chi connectivity index (χ0n) is 14.5. The molecule has 0 heterocycles. The van der Waals surface area contributed by atoms with Gasteiger partial charge in [0.05, 0.1) is 0 Å². The molecule has 0 rings (SSSR count). The number of hydrogen-bond donors (Lipinski definition) is 0. The Kier molecular flexibility index (Phi) is 12.0. The Morgan fingerprint density at radius 3 is 1.14 bits per heavy atom. The molecule has 0 bridgehead atoms. The van der Waals surface area contributed by atoms with Crippen LogP contribution in [0.25, 0.3) is 0 Å². The van der Waals surface area contributed by atoms with E-state index >= 15 is 0 Å². The number of nitrogens with zero attached hydrogens (tertiary/aromatic N) is 2. The first-order valence-electron chi connectivity index (χ1n) is 8.66. The highest BCUT2D eigenvalue weighted by Gasteiger charge is 2.15. The van der Waals surface area contributed by atoms with Gasteiger partial charge in [0, 0.05) is 39.0 Å². The number of amides is 2. The fourth-order valence-corrected chi connectivity index (χ4v) is 2.51. The normalized spacial score (nSPS) is 10.5. The molecule has 4 heteroatoms. The van der Waals surface area contributed by atoms with Crippen molar-refractivity contribution in [1.82, 2.24) is 9.80 Å². The maximum absolute atomic E-state index is 12.1. The Balaban J connectivity index is 4.14. The van der Waals surface area contributed by atoms with E-state index in [0.29, 0.717) is 19.3 Å². The average molecular weight is 298 g/mol. The Labute approximate surface area is 130 Å². The molecule has 0 spiro atoms. The van der Waals surface area contributed by atoms with Gasteiger partial charge >= 0.3 is 0 Å². The molecule has 0 saturated carbocycles. The van der Waals surface area contributed by atoms with E-state index in [0.717, 1.165) is 51.9 Å². The summed E-state index contributed by atoms with van der Waals surface area (Å²) < 4.78 is 0. The lowest BCUT2D eigenvalue weighted by molar-refractivity contribution is -0.133. The van der Waals surface area contributed by atoms with Crippen LogP contribution in [0.4, 0.5) is 0 Å². The third-order valence-electron chi connectivity index (χ3n) is 3.46. The molecule has 0 aromatic carbocycles. The molecule has 0 aliphatic carbocycles. The molecule has 21 heavy (non-hydrogen) atoms. The van der Waals surface area contributed by atoms with Crippen molar-refractivity contribution in [2.24, 2.45) is 0 Å². The van der Waals surface area contributed by atoms with Crippen LogP contribution in [-0.2, 0) is 9.59 Å². The van der Waals surface area contributed by atoms with Gasteiger partial charge in [0.1, 0.15) is 0 Å². The minimum Gasteiger partial charge on any atom is -0.343 e. The van der Waals surface area contributed by atoms with Crippen molar-refractivity contribution in [3.63, 3.8) is 0 Å². The number of carbonyl (C=O) groups excluding carboxylic acids is 2. The molecule has 4 nitrogen and oxygen atoms in total. The van der Waals surface area contributed by atoms with Gasteiger partial charge in [-0.05, 0) is 32.1 Å². The molecule has 0 N–H and O–H groups in total. The van der Waals surface area contributed by atoms with Gasteiger partial charge < -0.3 is 9.80 Å². The monoisotopic (exact) mass is 298 g/mol. The van der Waals surface area contributed by atoms with Crippen LogP contribution in [0.5, 0.6) is 0 Å². The summed E-state index contributed by atoms with van der Waals surface area (Å²) in [5.74, 6) is 0.396. The Hall–Kier alpha value is -1.06. The summed E-state index contributed by atoms with van der Waals surface area (Å²) in [5.41, 5.74) is 0. The Morgan fingerprint density at radius 2 is 0.905 bits per heavy atom. The van der Waals surface area contributed by atoms with Gasteiger partial charge in [0.2, 0.25) is 11.8 Å². The van der Waals surface area contributed by atoms with Crippen LogP contribution >= 0.6 is 0 Å². The first-order valence-corrected chi connectivity index (χ1v) is 8.66. The zero-order valence-corrected chi connectivity index (χ0v) is 14.5. The van der Waals surface area contributed by atoms with Crippen molar-refractivity contribution < 1.29 is 9.59 Å². The van der Waals surface area contributed by atoms with Gasteiger partial charge in [-0.15, -0.1) is 0 Å². The molecule has 0 aromatic rings. The van der Waals surface area contributed by atoms with Crippen LogP contribution in [0.1, 0.15) is 72.6 Å². The third kappa shape index (κ3) is 8.74. The molecule has 0 atom stereocenters. The molecule has 0 unspecified atom stereocenters. The summed E-state index contributed by atoms with van der Waals surface area (Å²) in [6, 6.07) is 0. The lowest BCUT2D eigenvalue weighted by Crippen LogP contribution is -2.34. The number of hydrogen-bond acceptors (Lipinski definition) is 2. The van der Waals surface area contributed by atoms with Crippen molar-refractivity contribution >= 4 is 11.8 Å². The van der Waals surface area contributed by atoms with Crippen LogP contribution in [0.2, 0.25) is 0 Å². The minimum absolute atomic E-state index is 0.198. The van der Waals surface area contributed by atoms with E-state index < -0.39 is 0 Å². The molecule has 124 valence electrons. The number of carbonyl (C=O) groups is 2. The van der Waals surface area contributed by atoms with Gasteiger partial charge in [0.25, 0.3) is 0 Å². The van der Waals surface area contributed by atoms with Gasteiger partial charge in [0.15, 0.2) is 0 Å². The highest BCUT2D eigenvalue weighted by atomic mass is 16.2. The topological polar surface area (TPSA) is 40.6 Å². The van der Waals surface area contributed by atoms with Crippen LogP contribution in [0.15, 0.2) is 0 Å². The van der Waals surface area contributed by atoms with Gasteiger partial charge in [-0.2, -0.15) is 0 Å². The quantitative estimate of drug-likeness (QED) is 0.553. The SMILES string of the molecule is CCCN(CCC)C(=O)CCCC(=O)N(CCC)CCC. The smallest absolute Gasteiger partial charge is 0.222 e. The van der Waals surface area contributed by atoms with Gasteiger partial charge in [-0.1, -0.05) is 27.7 Å². The summed E-state index contributed by atoms with van der Waals surface area (Å²) in [6.45, 7) is 11.7. The second-order valence-electron chi connectivity index (χ2n) is 5.62. The Bertz CT molecular complexity index is 253. The molecule has 0 aliphatic rings. The van der Waals surface area contributed by atoms with Crippen molar-refractivity contribution in [3.05, 3.63) is 0 Å². The predicted octanol–water partition coefficient (Wildman–Crippen LogP) is 3.45. The van der Waals surface area contributed by atoms with Crippen LogP contribution in [0.3, 0.4) is 0 Å². The van der Waals surface area contributed by atoms with E-state index in [1.807, 2.05) is 9.80 Å². The molecular formula is C17H34N2O2. The molecule has 0 fully saturated rings. The Morgan fingerprint density at radius 1 is 0.619 bits per heavy atom. The summed E-state index contributed by atoms with van der Waals surface area (Å²) in [5, 5.41) is 0. The molecule has 0 aromatic heterocycles. The first kappa shape index (κ1) is 19.9. The largest absolute Gasteiger partial charge is 0.343 e. The summed E-state index contributed by atoms with van der Waals surface area (Å²) in [4.78, 5) is 28.1. The fourth-order valence-electron chi connectivity index (χ4n) is 2.51. The maximum Gasteiger partial charge on any atom is 0.222 e. The highest BCUT2D eigenvalue weighted by Crippen LogP contribution is 2.06. The van der Waals surface area contributed by atoms with E-state index in [9.17, 15) is 9.59 Å². The standard InChI is InChI=1S/C17H34N2O2/c1-5-12-18(13-6-2)16(20)10-9-11-17(21)19(14-7-3)15-8-4/h5-15H2,1-4H3. The first-order chi connectivity index (χ1) is 10.1. The van der Waals surface area contributed by atoms with Crippen molar-refractivity contribution in [3.8, 4) is 0 Å². The fraction of sp³-hybridized carbons (Fsp3) is 0.882. The van der Waals surface area contributed by atoms with E-state index in [-0.39, 0.29) is 11.8 Å². The average Bonchev–Trinajstić information content (AvgIpc) is 2.46. The molecule has 0 radical (unpaired) electrons. The highest BCUT2D eigenvalue weighted by molar-refractivity contribution is 5.79. The van der Waals surface area contributed by atoms with E-state index in [1.165, 1.54) is 0 Å². The zero-order chi connectivity index (χ0) is 16.1. The predicted molar refractivity (Wildman–Crippen MR) is 88.2 cm³/mol. The lowest BCUT2D eigenvalue weighted by atomic mass is 10.2. The molecule has 2 amide bonds. The van der Waals surface area contributed by atoms with Crippen LogP contribution in [-0.4, -0.2) is 47.8 Å². The van der Waals surface area contributed by atoms with Gasteiger partial charge in [-0.3, -0.25) is 9.59 Å². The third-order valence-corrected chi connectivity index (χ3v) is 3.46. The minimum atomic E-state index is 0.198. The molecule has 0 saturated heterocycles. The van der Waals surface area contributed by atoms with E-state index in [4.69, 9.17) is 0 Å². The van der Waals surface area contributed by atoms with E-state index in [1.54, 1.807) is 0 Å². The second kappa shape index (κ2) is 12.7. The lowest BCUT2D eigenvalue weighted by Gasteiger charge is -2.23. The summed E-state index contributed by atoms with van der Waals surface area (Å²) in [7, 11) is 0. The van der Waals surface area contributed by atoms with Gasteiger partial charge in [-0.25, -0.2) is 0 Å². The van der Waals surface area contributed by atoms with Crippen molar-refractivity contribution in [1.29, 1.82) is 0 Å². The van der Waals surface area contributed by atoms with Crippen LogP contribution < -0.4 is 0 Å². The second-order valence-corrected chi connectivity index (χ2v) is 5.62. The van der Waals surface area contributed by atoms with Crippen molar-refractivity contribution in [2.45, 2.75) is 72.6 Å². The number of rotatable bonds is 12. The summed E-state index contributed by atoms with van der Waals surface area (Å²) in [6.07, 6.45) is 5.63. The maximum atomic E-state index is 12.1. The van der Waals surface area contributed by atoms with Crippen molar-refractivity contribution in [2.75, 3.05) is 26.2 Å².